The molecule has 110 valence electrons. The molecule has 5 nitrogen and oxygen atoms in total. The number of carbonyl (C=O) groups excluding carboxylic acids is 1. The molecule has 21 heavy (non-hydrogen) atoms. The zero-order chi connectivity index (χ0) is 15.2. The molecule has 2 aromatic rings. The third kappa shape index (κ3) is 4.27. The Hall–Kier alpha value is -1.92. The maximum Gasteiger partial charge on any atom is 0.257 e. The average Bonchev–Trinajstić information content (AvgIpc) is 2.47. The molecule has 0 saturated carbocycles. The standard InChI is InChI=1S/C15H15BrN2O3/c1-10(9-19)18-14(20)13-6-3-7-17-15(13)21-12-5-2-4-11(16)8-12/h2-8,10,19H,9H2,1H3,(H,18,20). The summed E-state index contributed by atoms with van der Waals surface area (Å²) in [5.74, 6) is 0.459. The Labute approximate surface area is 131 Å². The van der Waals surface area contributed by atoms with Gasteiger partial charge < -0.3 is 15.2 Å². The van der Waals surface area contributed by atoms with Crippen LogP contribution in [0.1, 0.15) is 17.3 Å². The van der Waals surface area contributed by atoms with Gasteiger partial charge in [-0.1, -0.05) is 22.0 Å². The monoisotopic (exact) mass is 350 g/mol. The van der Waals surface area contributed by atoms with E-state index in [0.717, 1.165) is 4.47 Å². The van der Waals surface area contributed by atoms with Crippen LogP contribution in [0.5, 0.6) is 11.6 Å². The van der Waals surface area contributed by atoms with Crippen LogP contribution in [0.25, 0.3) is 0 Å². The highest BCUT2D eigenvalue weighted by Crippen LogP contribution is 2.25. The van der Waals surface area contributed by atoms with Gasteiger partial charge in [0, 0.05) is 16.7 Å². The summed E-state index contributed by atoms with van der Waals surface area (Å²) in [4.78, 5) is 16.2. The number of pyridine rings is 1. The van der Waals surface area contributed by atoms with Gasteiger partial charge in [-0.05, 0) is 37.3 Å². The lowest BCUT2D eigenvalue weighted by molar-refractivity contribution is 0.0919. The van der Waals surface area contributed by atoms with E-state index in [9.17, 15) is 4.79 Å². The smallest absolute Gasteiger partial charge is 0.257 e. The number of aliphatic hydroxyl groups is 1. The van der Waals surface area contributed by atoms with Gasteiger partial charge in [-0.3, -0.25) is 4.79 Å². The molecule has 1 aromatic heterocycles. The van der Waals surface area contributed by atoms with E-state index in [1.807, 2.05) is 12.1 Å². The van der Waals surface area contributed by atoms with E-state index in [1.165, 1.54) is 0 Å². The topological polar surface area (TPSA) is 71.5 Å². The van der Waals surface area contributed by atoms with E-state index in [4.69, 9.17) is 9.84 Å². The molecule has 1 aromatic carbocycles. The Kier molecular flexibility index (Phi) is 5.30. The van der Waals surface area contributed by atoms with E-state index >= 15 is 0 Å². The first-order valence-corrected chi connectivity index (χ1v) is 7.19. The molecular formula is C15H15BrN2O3. The molecule has 0 aliphatic carbocycles. The summed E-state index contributed by atoms with van der Waals surface area (Å²) in [6.07, 6.45) is 1.56. The molecule has 0 radical (unpaired) electrons. The van der Waals surface area contributed by atoms with Crippen LogP contribution in [0.3, 0.4) is 0 Å². The normalized spacial score (nSPS) is 11.8. The van der Waals surface area contributed by atoms with Gasteiger partial charge in [-0.25, -0.2) is 4.98 Å². The molecule has 2 rings (SSSR count). The number of nitrogens with zero attached hydrogens (tertiary/aromatic N) is 1. The fourth-order valence-corrected chi connectivity index (χ4v) is 2.01. The Bertz CT molecular complexity index is 634. The van der Waals surface area contributed by atoms with E-state index in [1.54, 1.807) is 37.4 Å². The van der Waals surface area contributed by atoms with E-state index < -0.39 is 0 Å². The van der Waals surface area contributed by atoms with Crippen molar-refractivity contribution < 1.29 is 14.6 Å². The number of halogens is 1. The first kappa shape index (κ1) is 15.5. The van der Waals surface area contributed by atoms with Crippen LogP contribution in [0.2, 0.25) is 0 Å². The second kappa shape index (κ2) is 7.19. The zero-order valence-corrected chi connectivity index (χ0v) is 13.0. The van der Waals surface area contributed by atoms with Crippen LogP contribution in [0.15, 0.2) is 47.1 Å². The molecule has 0 fully saturated rings. The van der Waals surface area contributed by atoms with Crippen LogP contribution in [0, 0.1) is 0 Å². The van der Waals surface area contributed by atoms with Crippen LogP contribution in [0.4, 0.5) is 0 Å². The molecule has 6 heteroatoms. The third-order valence-electron chi connectivity index (χ3n) is 2.68. The summed E-state index contributed by atoms with van der Waals surface area (Å²) in [5, 5.41) is 11.7. The quantitative estimate of drug-likeness (QED) is 0.869. The van der Waals surface area contributed by atoms with Gasteiger partial charge in [-0.2, -0.15) is 0 Å². The molecule has 2 N–H and O–H groups in total. The fraction of sp³-hybridized carbons (Fsp3) is 0.200. The number of aromatic nitrogens is 1. The number of amides is 1. The summed E-state index contributed by atoms with van der Waals surface area (Å²) in [5.41, 5.74) is 0.317. The van der Waals surface area contributed by atoms with Crippen LogP contribution < -0.4 is 10.1 Å². The zero-order valence-electron chi connectivity index (χ0n) is 11.4. The SMILES string of the molecule is CC(CO)NC(=O)c1cccnc1Oc1cccc(Br)c1. The van der Waals surface area contributed by atoms with Gasteiger partial charge >= 0.3 is 0 Å². The largest absolute Gasteiger partial charge is 0.438 e. The molecule has 0 spiro atoms. The van der Waals surface area contributed by atoms with Crippen molar-refractivity contribution in [1.29, 1.82) is 0 Å². The lowest BCUT2D eigenvalue weighted by Gasteiger charge is -2.13. The molecular weight excluding hydrogens is 336 g/mol. The fourth-order valence-electron chi connectivity index (χ4n) is 1.63. The van der Waals surface area contributed by atoms with Crippen molar-refractivity contribution in [3.05, 3.63) is 52.6 Å². The third-order valence-corrected chi connectivity index (χ3v) is 3.17. The predicted molar refractivity (Wildman–Crippen MR) is 82.5 cm³/mol. The van der Waals surface area contributed by atoms with Gasteiger partial charge in [-0.15, -0.1) is 0 Å². The minimum absolute atomic E-state index is 0.131. The lowest BCUT2D eigenvalue weighted by Crippen LogP contribution is -2.35. The number of rotatable bonds is 5. The van der Waals surface area contributed by atoms with E-state index in [0.29, 0.717) is 11.3 Å². The molecule has 0 aliphatic rings. The molecule has 1 unspecified atom stereocenters. The van der Waals surface area contributed by atoms with Crippen molar-refractivity contribution in [2.45, 2.75) is 13.0 Å². The number of carbonyl (C=O) groups is 1. The highest BCUT2D eigenvalue weighted by atomic mass is 79.9. The first-order chi connectivity index (χ1) is 10.1. The van der Waals surface area contributed by atoms with Crippen LogP contribution in [-0.4, -0.2) is 28.6 Å². The van der Waals surface area contributed by atoms with Gasteiger partial charge in [0.15, 0.2) is 0 Å². The lowest BCUT2D eigenvalue weighted by atomic mass is 10.2. The highest BCUT2D eigenvalue weighted by Gasteiger charge is 2.16. The van der Waals surface area contributed by atoms with Gasteiger partial charge in [0.05, 0.1) is 6.61 Å². The molecule has 0 saturated heterocycles. The summed E-state index contributed by atoms with van der Waals surface area (Å²) in [6, 6.07) is 10.2. The Morgan fingerprint density at radius 3 is 2.95 bits per heavy atom. The van der Waals surface area contributed by atoms with Crippen molar-refractivity contribution in [2.24, 2.45) is 0 Å². The van der Waals surface area contributed by atoms with Crippen LogP contribution >= 0.6 is 15.9 Å². The van der Waals surface area contributed by atoms with Crippen molar-refractivity contribution in [3.8, 4) is 11.6 Å². The maximum absolute atomic E-state index is 12.1. The number of benzene rings is 1. The van der Waals surface area contributed by atoms with Gasteiger partial charge in [0.25, 0.3) is 5.91 Å². The molecule has 1 amide bonds. The van der Waals surface area contributed by atoms with Gasteiger partial charge in [0.1, 0.15) is 11.3 Å². The second-order valence-electron chi connectivity index (χ2n) is 4.47. The molecule has 0 aliphatic heterocycles. The number of aliphatic hydroxyl groups excluding tert-OH is 1. The van der Waals surface area contributed by atoms with Crippen molar-refractivity contribution in [1.82, 2.24) is 10.3 Å². The van der Waals surface area contributed by atoms with Crippen molar-refractivity contribution in [2.75, 3.05) is 6.61 Å². The first-order valence-electron chi connectivity index (χ1n) is 6.40. The molecule has 1 atom stereocenters. The number of hydrogen-bond acceptors (Lipinski definition) is 4. The van der Waals surface area contributed by atoms with Gasteiger partial charge in [0.2, 0.25) is 5.88 Å². The minimum Gasteiger partial charge on any atom is -0.438 e. The molecule has 0 bridgehead atoms. The summed E-state index contributed by atoms with van der Waals surface area (Å²) in [6.45, 7) is 1.58. The number of nitrogens with one attached hydrogen (secondary N) is 1. The van der Waals surface area contributed by atoms with E-state index in [2.05, 4.69) is 26.2 Å². The average molecular weight is 351 g/mol. The van der Waals surface area contributed by atoms with E-state index in [-0.39, 0.29) is 24.4 Å². The second-order valence-corrected chi connectivity index (χ2v) is 5.39. The number of ether oxygens (including phenoxy) is 1. The Morgan fingerprint density at radius 2 is 2.24 bits per heavy atom. The Morgan fingerprint density at radius 1 is 1.43 bits per heavy atom. The van der Waals surface area contributed by atoms with Crippen molar-refractivity contribution in [3.63, 3.8) is 0 Å². The summed E-state index contributed by atoms with van der Waals surface area (Å²) in [7, 11) is 0. The summed E-state index contributed by atoms with van der Waals surface area (Å²) < 4.78 is 6.53. The van der Waals surface area contributed by atoms with Crippen LogP contribution in [-0.2, 0) is 0 Å². The predicted octanol–water partition coefficient (Wildman–Crippen LogP) is 2.75. The van der Waals surface area contributed by atoms with Crippen molar-refractivity contribution >= 4 is 21.8 Å². The maximum atomic E-state index is 12.1. The Balaban J connectivity index is 2.22. The number of hydrogen-bond donors (Lipinski definition) is 2. The molecule has 1 heterocycles. The highest BCUT2D eigenvalue weighted by molar-refractivity contribution is 9.10. The summed E-state index contributed by atoms with van der Waals surface area (Å²) >= 11 is 3.36. The minimum atomic E-state index is -0.338.